The molecule has 2 N–H and O–H groups in total. The largest absolute Gasteiger partial charge is 0.392 e. The number of hydrogen-bond donors (Lipinski definition) is 2. The maximum absolute atomic E-state index is 9.77. The summed E-state index contributed by atoms with van der Waals surface area (Å²) in [7, 11) is 0. The van der Waals surface area contributed by atoms with Crippen LogP contribution < -0.4 is 5.32 Å². The first-order valence-electron chi connectivity index (χ1n) is 7.56. The molecule has 0 radical (unpaired) electrons. The van der Waals surface area contributed by atoms with Crippen LogP contribution in [0.4, 0.5) is 0 Å². The van der Waals surface area contributed by atoms with Crippen LogP contribution in [0, 0.1) is 11.3 Å². The molecule has 106 valence electrons. The molecule has 2 rings (SSSR count). The molecule has 0 bridgehead atoms. The van der Waals surface area contributed by atoms with Gasteiger partial charge in [0.1, 0.15) is 0 Å². The third kappa shape index (κ3) is 3.06. The predicted octanol–water partition coefficient (Wildman–Crippen LogP) is 1.86. The molecule has 0 spiro atoms. The highest BCUT2D eigenvalue weighted by Gasteiger charge is 2.47. The molecule has 1 aliphatic carbocycles. The van der Waals surface area contributed by atoms with Crippen LogP contribution in [0.5, 0.6) is 0 Å². The molecule has 2 unspecified atom stereocenters. The van der Waals surface area contributed by atoms with Crippen molar-refractivity contribution in [1.82, 2.24) is 10.2 Å². The van der Waals surface area contributed by atoms with Gasteiger partial charge in [0.2, 0.25) is 0 Å². The minimum absolute atomic E-state index is 0.0646. The van der Waals surface area contributed by atoms with E-state index in [1.165, 1.54) is 32.5 Å². The second-order valence-corrected chi connectivity index (χ2v) is 7.26. The fourth-order valence-corrected chi connectivity index (χ4v) is 3.27. The quantitative estimate of drug-likeness (QED) is 0.804. The number of piperidine rings is 1. The average molecular weight is 254 g/mol. The molecule has 3 heteroatoms. The highest BCUT2D eigenvalue weighted by Crippen LogP contribution is 2.41. The number of aliphatic hydroxyl groups excluding tert-OH is 1. The van der Waals surface area contributed by atoms with Crippen molar-refractivity contribution in [2.45, 2.75) is 65.1 Å². The van der Waals surface area contributed by atoms with Gasteiger partial charge in [-0.3, -0.25) is 0 Å². The van der Waals surface area contributed by atoms with Crippen LogP contribution in [-0.4, -0.2) is 47.8 Å². The Hall–Kier alpha value is -0.120. The summed E-state index contributed by atoms with van der Waals surface area (Å²) in [6.45, 7) is 12.6. The first-order valence-corrected chi connectivity index (χ1v) is 7.56. The first-order chi connectivity index (χ1) is 8.39. The second kappa shape index (κ2) is 5.48. The van der Waals surface area contributed by atoms with Crippen LogP contribution in [0.15, 0.2) is 0 Å². The van der Waals surface area contributed by atoms with Gasteiger partial charge < -0.3 is 15.3 Å². The molecule has 2 fully saturated rings. The molecule has 0 aromatic heterocycles. The summed E-state index contributed by atoms with van der Waals surface area (Å²) < 4.78 is 0. The maximum atomic E-state index is 9.77. The van der Waals surface area contributed by atoms with Gasteiger partial charge in [0.05, 0.1) is 6.10 Å². The SMILES string of the molecule is CC(C)CN1CCC(NC2CC(O)C2(C)C)CC1. The molecule has 0 amide bonds. The monoisotopic (exact) mass is 254 g/mol. The normalized spacial score (nSPS) is 33.7. The van der Waals surface area contributed by atoms with Gasteiger partial charge >= 0.3 is 0 Å². The van der Waals surface area contributed by atoms with E-state index in [0.29, 0.717) is 12.1 Å². The van der Waals surface area contributed by atoms with Crippen molar-refractivity contribution in [2.24, 2.45) is 11.3 Å². The minimum Gasteiger partial charge on any atom is -0.392 e. The molecule has 3 nitrogen and oxygen atoms in total. The predicted molar refractivity (Wildman–Crippen MR) is 75.6 cm³/mol. The number of aliphatic hydroxyl groups is 1. The summed E-state index contributed by atoms with van der Waals surface area (Å²) in [5.74, 6) is 0.773. The van der Waals surface area contributed by atoms with E-state index in [-0.39, 0.29) is 11.5 Å². The highest BCUT2D eigenvalue weighted by atomic mass is 16.3. The molecular formula is C15H30N2O. The number of nitrogens with zero attached hydrogens (tertiary/aromatic N) is 1. The van der Waals surface area contributed by atoms with E-state index in [1.807, 2.05) is 0 Å². The molecule has 2 aliphatic rings. The fraction of sp³-hybridized carbons (Fsp3) is 1.00. The van der Waals surface area contributed by atoms with E-state index in [4.69, 9.17) is 0 Å². The Bertz CT molecular complexity index is 270. The summed E-state index contributed by atoms with van der Waals surface area (Å²) in [6.07, 6.45) is 3.33. The Kier molecular flexibility index (Phi) is 4.35. The average Bonchev–Trinajstić information content (AvgIpc) is 2.30. The maximum Gasteiger partial charge on any atom is 0.0621 e. The van der Waals surface area contributed by atoms with E-state index in [1.54, 1.807) is 0 Å². The van der Waals surface area contributed by atoms with Crippen LogP contribution >= 0.6 is 0 Å². The lowest BCUT2D eigenvalue weighted by Gasteiger charge is -2.51. The third-order valence-corrected chi connectivity index (χ3v) is 4.86. The topological polar surface area (TPSA) is 35.5 Å². The molecule has 0 aromatic rings. The van der Waals surface area contributed by atoms with Gasteiger partial charge in [-0.2, -0.15) is 0 Å². The summed E-state index contributed by atoms with van der Waals surface area (Å²) in [4.78, 5) is 2.59. The molecule has 1 saturated carbocycles. The first kappa shape index (κ1) is 14.3. The molecule has 1 heterocycles. The van der Waals surface area contributed by atoms with Gasteiger partial charge in [-0.05, 0) is 38.3 Å². The Balaban J connectivity index is 1.71. The van der Waals surface area contributed by atoms with Crippen molar-refractivity contribution in [3.8, 4) is 0 Å². The van der Waals surface area contributed by atoms with Crippen molar-refractivity contribution in [1.29, 1.82) is 0 Å². The van der Waals surface area contributed by atoms with Gasteiger partial charge in [0.25, 0.3) is 0 Å². The summed E-state index contributed by atoms with van der Waals surface area (Å²) in [5.41, 5.74) is 0.0646. The molecule has 1 saturated heterocycles. The van der Waals surface area contributed by atoms with Crippen LogP contribution in [0.3, 0.4) is 0 Å². The van der Waals surface area contributed by atoms with Crippen LogP contribution in [-0.2, 0) is 0 Å². The van der Waals surface area contributed by atoms with E-state index in [2.05, 4.69) is 37.9 Å². The standard InChI is InChI=1S/C15H30N2O/c1-11(2)10-17-7-5-12(6-8-17)16-13-9-14(18)15(13,3)4/h11-14,16,18H,5-10H2,1-4H3. The zero-order valence-corrected chi connectivity index (χ0v) is 12.4. The summed E-state index contributed by atoms with van der Waals surface area (Å²) in [5, 5.41) is 13.5. The zero-order valence-electron chi connectivity index (χ0n) is 12.4. The van der Waals surface area contributed by atoms with Crippen molar-refractivity contribution < 1.29 is 5.11 Å². The van der Waals surface area contributed by atoms with Gasteiger partial charge in [0, 0.05) is 24.0 Å². The van der Waals surface area contributed by atoms with Gasteiger partial charge in [0.15, 0.2) is 0 Å². The summed E-state index contributed by atoms with van der Waals surface area (Å²) >= 11 is 0. The Morgan fingerprint density at radius 3 is 2.33 bits per heavy atom. The Labute approximate surface area is 112 Å². The number of hydrogen-bond acceptors (Lipinski definition) is 3. The molecule has 2 atom stereocenters. The van der Waals surface area contributed by atoms with Gasteiger partial charge in [-0.1, -0.05) is 27.7 Å². The van der Waals surface area contributed by atoms with E-state index >= 15 is 0 Å². The van der Waals surface area contributed by atoms with Crippen molar-refractivity contribution in [3.05, 3.63) is 0 Å². The highest BCUT2D eigenvalue weighted by molar-refractivity contribution is 5.03. The summed E-state index contributed by atoms with van der Waals surface area (Å²) in [6, 6.07) is 1.17. The Morgan fingerprint density at radius 2 is 1.89 bits per heavy atom. The van der Waals surface area contributed by atoms with Crippen molar-refractivity contribution >= 4 is 0 Å². The second-order valence-electron chi connectivity index (χ2n) is 7.26. The molecular weight excluding hydrogens is 224 g/mol. The lowest BCUT2D eigenvalue weighted by molar-refractivity contribution is -0.0778. The van der Waals surface area contributed by atoms with Crippen molar-refractivity contribution in [2.75, 3.05) is 19.6 Å². The van der Waals surface area contributed by atoms with E-state index in [0.717, 1.165) is 12.3 Å². The van der Waals surface area contributed by atoms with Gasteiger partial charge in [-0.25, -0.2) is 0 Å². The number of nitrogens with one attached hydrogen (secondary N) is 1. The van der Waals surface area contributed by atoms with E-state index in [9.17, 15) is 5.11 Å². The lowest BCUT2D eigenvalue weighted by atomic mass is 9.64. The third-order valence-electron chi connectivity index (χ3n) is 4.86. The number of likely N-dealkylation sites (tertiary alicyclic amines) is 1. The lowest BCUT2D eigenvalue weighted by Crippen LogP contribution is -2.62. The van der Waals surface area contributed by atoms with Crippen LogP contribution in [0.25, 0.3) is 0 Å². The molecule has 1 aliphatic heterocycles. The number of rotatable bonds is 4. The fourth-order valence-electron chi connectivity index (χ4n) is 3.27. The molecule has 0 aromatic carbocycles. The smallest absolute Gasteiger partial charge is 0.0621 e. The van der Waals surface area contributed by atoms with Crippen LogP contribution in [0.1, 0.15) is 47.0 Å². The van der Waals surface area contributed by atoms with Gasteiger partial charge in [-0.15, -0.1) is 0 Å². The van der Waals surface area contributed by atoms with Crippen LogP contribution in [0.2, 0.25) is 0 Å². The van der Waals surface area contributed by atoms with Crippen molar-refractivity contribution in [3.63, 3.8) is 0 Å². The Morgan fingerprint density at radius 1 is 1.28 bits per heavy atom. The van der Waals surface area contributed by atoms with E-state index < -0.39 is 0 Å². The minimum atomic E-state index is -0.115. The molecule has 18 heavy (non-hydrogen) atoms. The zero-order chi connectivity index (χ0) is 13.3.